The maximum Gasteiger partial charge on any atom is 0.0703 e. The van der Waals surface area contributed by atoms with E-state index in [1.54, 1.807) is 0 Å². The normalized spacial score (nSPS) is 12.6. The van der Waals surface area contributed by atoms with Gasteiger partial charge in [0.1, 0.15) is 0 Å². The third-order valence-corrected chi connectivity index (χ3v) is 3.97. The highest BCUT2D eigenvalue weighted by atomic mass is 15.3. The maximum absolute atomic E-state index is 4.49. The Morgan fingerprint density at radius 2 is 1.95 bits per heavy atom. The fourth-order valence-corrected chi connectivity index (χ4v) is 2.89. The van der Waals surface area contributed by atoms with Gasteiger partial charge in [-0.15, -0.1) is 0 Å². The molecule has 21 heavy (non-hydrogen) atoms. The lowest BCUT2D eigenvalue weighted by Gasteiger charge is -2.16. The van der Waals surface area contributed by atoms with Gasteiger partial charge in [-0.2, -0.15) is 5.10 Å². The van der Waals surface area contributed by atoms with Crippen molar-refractivity contribution in [1.29, 1.82) is 0 Å². The summed E-state index contributed by atoms with van der Waals surface area (Å²) in [5.74, 6) is 0. The first-order chi connectivity index (χ1) is 10.1. The van der Waals surface area contributed by atoms with E-state index in [2.05, 4.69) is 48.3 Å². The zero-order valence-electron chi connectivity index (χ0n) is 12.9. The first kappa shape index (κ1) is 13.6. The molecule has 0 spiro atoms. The standard InChI is InChI=1S/C17H20N4/c1-11(17-12(2)20-21(4)13(17)3)19-15-9-14-7-5-6-8-16(14)18-10-15/h5-11,19H,1-4H3. The second-order valence-electron chi connectivity index (χ2n) is 5.49. The summed E-state index contributed by atoms with van der Waals surface area (Å²) in [5.41, 5.74) is 5.57. The van der Waals surface area contributed by atoms with Crippen molar-refractivity contribution >= 4 is 16.6 Å². The van der Waals surface area contributed by atoms with E-state index in [-0.39, 0.29) is 6.04 Å². The summed E-state index contributed by atoms with van der Waals surface area (Å²) in [6, 6.07) is 10.5. The highest BCUT2D eigenvalue weighted by Crippen LogP contribution is 2.25. The Morgan fingerprint density at radius 3 is 2.67 bits per heavy atom. The van der Waals surface area contributed by atoms with E-state index in [9.17, 15) is 0 Å². The van der Waals surface area contributed by atoms with Crippen molar-refractivity contribution in [2.24, 2.45) is 7.05 Å². The van der Waals surface area contributed by atoms with Crippen LogP contribution in [0.5, 0.6) is 0 Å². The monoisotopic (exact) mass is 280 g/mol. The minimum atomic E-state index is 0.196. The lowest BCUT2D eigenvalue weighted by molar-refractivity contribution is 0.728. The number of fused-ring (bicyclic) bond motifs is 1. The highest BCUT2D eigenvalue weighted by molar-refractivity contribution is 5.81. The van der Waals surface area contributed by atoms with Crippen LogP contribution in [0.3, 0.4) is 0 Å². The molecule has 0 fully saturated rings. The average Bonchev–Trinajstić information content (AvgIpc) is 2.72. The van der Waals surface area contributed by atoms with Gasteiger partial charge in [0.2, 0.25) is 0 Å². The molecule has 2 aromatic heterocycles. The molecule has 0 radical (unpaired) electrons. The molecule has 0 aliphatic heterocycles. The molecular formula is C17H20N4. The van der Waals surface area contributed by atoms with Crippen molar-refractivity contribution < 1.29 is 0 Å². The van der Waals surface area contributed by atoms with Gasteiger partial charge in [0, 0.05) is 23.7 Å². The van der Waals surface area contributed by atoms with Crippen molar-refractivity contribution in [3.63, 3.8) is 0 Å². The summed E-state index contributed by atoms with van der Waals surface area (Å²) in [6.07, 6.45) is 1.89. The van der Waals surface area contributed by atoms with Crippen LogP contribution in [0.15, 0.2) is 36.5 Å². The van der Waals surface area contributed by atoms with E-state index >= 15 is 0 Å². The minimum absolute atomic E-state index is 0.196. The number of nitrogens with one attached hydrogen (secondary N) is 1. The fraction of sp³-hybridized carbons (Fsp3) is 0.294. The van der Waals surface area contributed by atoms with Gasteiger partial charge in [0.05, 0.1) is 29.1 Å². The molecule has 0 aliphatic carbocycles. The second kappa shape index (κ2) is 5.20. The molecule has 0 aliphatic rings. The number of aryl methyl sites for hydroxylation is 2. The third kappa shape index (κ3) is 2.49. The summed E-state index contributed by atoms with van der Waals surface area (Å²) in [5, 5.41) is 9.16. The molecule has 1 atom stereocenters. The number of hydrogen-bond donors (Lipinski definition) is 1. The van der Waals surface area contributed by atoms with Crippen molar-refractivity contribution in [1.82, 2.24) is 14.8 Å². The highest BCUT2D eigenvalue weighted by Gasteiger charge is 2.16. The summed E-state index contributed by atoms with van der Waals surface area (Å²) in [4.78, 5) is 4.49. The van der Waals surface area contributed by atoms with Crippen LogP contribution in [0.4, 0.5) is 5.69 Å². The molecule has 108 valence electrons. The van der Waals surface area contributed by atoms with Gasteiger partial charge in [0.25, 0.3) is 0 Å². The van der Waals surface area contributed by atoms with Crippen LogP contribution in [-0.2, 0) is 7.05 Å². The Kier molecular flexibility index (Phi) is 3.37. The fourth-order valence-electron chi connectivity index (χ4n) is 2.89. The lowest BCUT2D eigenvalue weighted by Crippen LogP contribution is -2.09. The predicted octanol–water partition coefficient (Wildman–Crippen LogP) is 3.76. The van der Waals surface area contributed by atoms with Crippen molar-refractivity contribution in [3.8, 4) is 0 Å². The molecule has 0 amide bonds. The van der Waals surface area contributed by atoms with Crippen LogP contribution < -0.4 is 5.32 Å². The molecule has 0 bridgehead atoms. The number of hydrogen-bond acceptors (Lipinski definition) is 3. The first-order valence-electron chi connectivity index (χ1n) is 7.17. The molecule has 1 N–H and O–H groups in total. The molecule has 4 nitrogen and oxygen atoms in total. The van der Waals surface area contributed by atoms with Gasteiger partial charge < -0.3 is 5.32 Å². The van der Waals surface area contributed by atoms with E-state index in [1.807, 2.05) is 36.1 Å². The quantitative estimate of drug-likeness (QED) is 0.794. The summed E-state index contributed by atoms with van der Waals surface area (Å²) < 4.78 is 1.93. The molecule has 3 aromatic rings. The Balaban J connectivity index is 1.90. The van der Waals surface area contributed by atoms with Gasteiger partial charge in [-0.3, -0.25) is 9.67 Å². The van der Waals surface area contributed by atoms with Crippen LogP contribution in [0, 0.1) is 13.8 Å². The van der Waals surface area contributed by atoms with Crippen LogP contribution in [0.2, 0.25) is 0 Å². The van der Waals surface area contributed by atoms with Gasteiger partial charge in [0.15, 0.2) is 0 Å². The maximum atomic E-state index is 4.49. The largest absolute Gasteiger partial charge is 0.377 e. The Morgan fingerprint density at radius 1 is 1.19 bits per heavy atom. The molecular weight excluding hydrogens is 260 g/mol. The van der Waals surface area contributed by atoms with E-state index in [4.69, 9.17) is 0 Å². The van der Waals surface area contributed by atoms with Crippen LogP contribution in [0.1, 0.15) is 29.9 Å². The van der Waals surface area contributed by atoms with Crippen molar-refractivity contribution in [2.45, 2.75) is 26.8 Å². The number of benzene rings is 1. The van der Waals surface area contributed by atoms with Crippen molar-refractivity contribution in [2.75, 3.05) is 5.32 Å². The summed E-state index contributed by atoms with van der Waals surface area (Å²) in [6.45, 7) is 6.32. The van der Waals surface area contributed by atoms with E-state index in [0.717, 1.165) is 22.3 Å². The molecule has 0 saturated heterocycles. The Hall–Kier alpha value is -2.36. The Bertz CT molecular complexity index is 789. The molecule has 0 saturated carbocycles. The molecule has 1 aromatic carbocycles. The molecule has 1 unspecified atom stereocenters. The Labute approximate surface area is 124 Å². The number of aromatic nitrogens is 3. The molecule has 3 rings (SSSR count). The lowest BCUT2D eigenvalue weighted by atomic mass is 10.1. The van der Waals surface area contributed by atoms with Crippen molar-refractivity contribution in [3.05, 3.63) is 53.5 Å². The predicted molar refractivity (Wildman–Crippen MR) is 86.5 cm³/mol. The number of nitrogens with zero attached hydrogens (tertiary/aromatic N) is 3. The minimum Gasteiger partial charge on any atom is -0.377 e. The topological polar surface area (TPSA) is 42.7 Å². The van der Waals surface area contributed by atoms with Crippen LogP contribution in [0.25, 0.3) is 10.9 Å². The first-order valence-corrected chi connectivity index (χ1v) is 7.17. The SMILES string of the molecule is Cc1nn(C)c(C)c1C(C)Nc1cnc2ccccc2c1. The third-order valence-electron chi connectivity index (χ3n) is 3.97. The zero-order valence-corrected chi connectivity index (χ0v) is 12.9. The van der Waals surface area contributed by atoms with Crippen LogP contribution >= 0.6 is 0 Å². The summed E-state index contributed by atoms with van der Waals surface area (Å²) >= 11 is 0. The number of pyridine rings is 1. The number of anilines is 1. The van der Waals surface area contributed by atoms with Gasteiger partial charge in [-0.05, 0) is 32.9 Å². The van der Waals surface area contributed by atoms with Crippen LogP contribution in [-0.4, -0.2) is 14.8 Å². The van der Waals surface area contributed by atoms with E-state index < -0.39 is 0 Å². The van der Waals surface area contributed by atoms with E-state index in [1.165, 1.54) is 11.3 Å². The second-order valence-corrected chi connectivity index (χ2v) is 5.49. The van der Waals surface area contributed by atoms with Gasteiger partial charge in [-0.1, -0.05) is 18.2 Å². The smallest absolute Gasteiger partial charge is 0.0703 e. The number of para-hydroxylation sites is 1. The zero-order chi connectivity index (χ0) is 15.0. The molecule has 2 heterocycles. The van der Waals surface area contributed by atoms with Gasteiger partial charge in [-0.25, -0.2) is 0 Å². The molecule has 4 heteroatoms. The number of rotatable bonds is 3. The van der Waals surface area contributed by atoms with Gasteiger partial charge >= 0.3 is 0 Å². The summed E-state index contributed by atoms with van der Waals surface area (Å²) in [7, 11) is 1.98. The van der Waals surface area contributed by atoms with E-state index in [0.29, 0.717) is 0 Å². The average molecular weight is 280 g/mol.